The molecule has 42 heavy (non-hydrogen) atoms. The number of carbonyl (C=O) groups excluding carboxylic acids is 2. The molecule has 1 saturated heterocycles. The van der Waals surface area contributed by atoms with Gasteiger partial charge < -0.3 is 11.1 Å². The number of rotatable bonds is 13. The van der Waals surface area contributed by atoms with E-state index in [1.807, 2.05) is 13.8 Å². The molecule has 0 aliphatic carbocycles. The van der Waals surface area contributed by atoms with Gasteiger partial charge in [0.25, 0.3) is 5.91 Å². The van der Waals surface area contributed by atoms with Crippen molar-refractivity contribution < 1.29 is 35.6 Å². The van der Waals surface area contributed by atoms with Crippen LogP contribution in [0, 0.1) is 13.8 Å². The third kappa shape index (κ3) is 8.65. The number of aryl methyl sites for hydroxylation is 2. The minimum atomic E-state index is -4.16. The Bertz CT molecular complexity index is 1250. The lowest BCUT2D eigenvalue weighted by molar-refractivity contribution is -0.135. The zero-order valence-electron chi connectivity index (χ0n) is 24.4. The fourth-order valence-corrected chi connectivity index (χ4v) is 6.98. The minimum Gasteiger partial charge on any atom is -0.351 e. The number of anilines is 1. The predicted molar refractivity (Wildman–Crippen MR) is 154 cm³/mol. The molecule has 2 aliphatic rings. The number of hydrogen-bond donors (Lipinski definition) is 2. The largest absolute Gasteiger partial charge is 0.389 e. The summed E-state index contributed by atoms with van der Waals surface area (Å²) in [4.78, 5) is 30.0. The fourth-order valence-electron chi connectivity index (χ4n) is 5.53. The quantitative estimate of drug-likeness (QED) is 0.246. The molecule has 14 heteroatoms. The summed E-state index contributed by atoms with van der Waals surface area (Å²) < 4.78 is 79.1. The number of aliphatic imine (C=N–C) groups is 1. The van der Waals surface area contributed by atoms with Crippen molar-refractivity contribution in [2.24, 2.45) is 10.7 Å². The van der Waals surface area contributed by atoms with Gasteiger partial charge in [-0.05, 0) is 74.8 Å². The van der Waals surface area contributed by atoms with Crippen molar-refractivity contribution in [2.45, 2.75) is 95.9 Å². The first-order chi connectivity index (χ1) is 19.5. The average molecular weight is 620 g/mol. The van der Waals surface area contributed by atoms with Crippen LogP contribution in [0.1, 0.15) is 74.5 Å². The van der Waals surface area contributed by atoms with Gasteiger partial charge in [0.15, 0.2) is 6.17 Å². The lowest BCUT2D eigenvalue weighted by atomic mass is 9.89. The number of halogens is 4. The molecule has 1 aromatic rings. The lowest BCUT2D eigenvalue weighted by Gasteiger charge is -2.34. The highest BCUT2D eigenvalue weighted by atomic mass is 32.2. The summed E-state index contributed by atoms with van der Waals surface area (Å²) in [7, 11) is -2.09. The predicted octanol–water partition coefficient (Wildman–Crippen LogP) is 4.68. The number of alkyl halides is 4. The number of nitrogens with two attached hydrogens (primary N) is 1. The molecule has 9 nitrogen and oxygen atoms in total. The number of amidine groups is 1. The van der Waals surface area contributed by atoms with Crippen LogP contribution in [0.25, 0.3) is 0 Å². The molecule has 1 unspecified atom stereocenters. The van der Waals surface area contributed by atoms with Crippen LogP contribution in [-0.2, 0) is 21.2 Å². The van der Waals surface area contributed by atoms with Crippen LogP contribution in [0.5, 0.6) is 0 Å². The number of hydrogen-bond acceptors (Lipinski definition) is 5. The molecule has 3 N–H and O–H groups in total. The monoisotopic (exact) mass is 619 g/mol. The van der Waals surface area contributed by atoms with Crippen molar-refractivity contribution >= 4 is 33.5 Å². The van der Waals surface area contributed by atoms with Crippen LogP contribution in [0.2, 0.25) is 0 Å². The van der Waals surface area contributed by atoms with Gasteiger partial charge >= 0.3 is 12.2 Å². The summed E-state index contributed by atoms with van der Waals surface area (Å²) in [6.45, 7) is 3.87. The van der Waals surface area contributed by atoms with Crippen molar-refractivity contribution in [2.75, 3.05) is 30.8 Å². The number of carbonyl (C=O) groups is 2. The first-order valence-corrected chi connectivity index (χ1v) is 15.9. The molecule has 3 amide bonds. The maximum atomic E-state index is 14.8. The number of benzene rings is 1. The highest BCUT2D eigenvalue weighted by Gasteiger charge is 2.48. The zero-order chi connectivity index (χ0) is 31.3. The van der Waals surface area contributed by atoms with E-state index in [1.165, 1.54) is 9.21 Å². The van der Waals surface area contributed by atoms with Crippen LogP contribution >= 0.6 is 0 Å². The molecular formula is C28H41F4N5O4S. The van der Waals surface area contributed by atoms with Gasteiger partial charge in [-0.3, -0.25) is 14.7 Å². The third-order valence-electron chi connectivity index (χ3n) is 8.16. The molecule has 236 valence electrons. The van der Waals surface area contributed by atoms with Crippen molar-refractivity contribution in [3.05, 3.63) is 28.8 Å². The standard InChI is InChI=1S/C28H41F4N5O4S/c1-19-17-21(36(3)26(33)39)18-20(2)22(19)10-16-42(40,41)37-14-12-27(13-15-37)25(38)34-24(35-27)23(29)9-7-5-4-6-8-11-28(30,31)32/h17-18,23H,4-16H2,1-3H3,(H2,33,39)(H,34,35,38). The van der Waals surface area contributed by atoms with Crippen molar-refractivity contribution in [1.29, 1.82) is 0 Å². The fraction of sp³-hybridized carbons (Fsp3) is 0.679. The Labute approximate surface area is 244 Å². The lowest BCUT2D eigenvalue weighted by Crippen LogP contribution is -2.51. The van der Waals surface area contributed by atoms with E-state index in [1.54, 1.807) is 19.2 Å². The summed E-state index contributed by atoms with van der Waals surface area (Å²) in [5.74, 6) is -0.614. The van der Waals surface area contributed by atoms with Gasteiger partial charge in [-0.25, -0.2) is 21.9 Å². The van der Waals surface area contributed by atoms with E-state index >= 15 is 0 Å². The Morgan fingerprint density at radius 3 is 2.26 bits per heavy atom. The van der Waals surface area contributed by atoms with Gasteiger partial charge in [0.1, 0.15) is 11.4 Å². The first kappa shape index (κ1) is 33.8. The Balaban J connectivity index is 1.50. The molecule has 0 radical (unpaired) electrons. The summed E-state index contributed by atoms with van der Waals surface area (Å²) in [6, 6.07) is 2.98. The van der Waals surface area contributed by atoms with Crippen LogP contribution in [-0.4, -0.2) is 74.3 Å². The summed E-state index contributed by atoms with van der Waals surface area (Å²) in [5, 5.41) is 2.53. The smallest absolute Gasteiger partial charge is 0.351 e. The number of unbranched alkanes of at least 4 members (excludes halogenated alkanes) is 4. The number of nitrogens with zero attached hydrogens (tertiary/aromatic N) is 3. The van der Waals surface area contributed by atoms with E-state index < -0.39 is 46.3 Å². The Hall–Kier alpha value is -2.74. The molecule has 1 atom stereocenters. The van der Waals surface area contributed by atoms with Gasteiger partial charge in [-0.15, -0.1) is 0 Å². The second-order valence-corrected chi connectivity index (χ2v) is 13.4. The Morgan fingerprint density at radius 1 is 1.12 bits per heavy atom. The summed E-state index contributed by atoms with van der Waals surface area (Å²) in [5.41, 5.74) is 7.33. The van der Waals surface area contributed by atoms with Gasteiger partial charge in [-0.2, -0.15) is 13.2 Å². The van der Waals surface area contributed by atoms with Crippen molar-refractivity contribution in [3.8, 4) is 0 Å². The van der Waals surface area contributed by atoms with Crippen LogP contribution in [0.4, 0.5) is 28.0 Å². The highest BCUT2D eigenvalue weighted by Crippen LogP contribution is 2.33. The van der Waals surface area contributed by atoms with Crippen molar-refractivity contribution in [1.82, 2.24) is 9.62 Å². The first-order valence-electron chi connectivity index (χ1n) is 14.3. The van der Waals surface area contributed by atoms with Gasteiger partial charge in [0.2, 0.25) is 10.0 Å². The number of amides is 3. The highest BCUT2D eigenvalue weighted by molar-refractivity contribution is 7.89. The average Bonchev–Trinajstić information content (AvgIpc) is 3.21. The second-order valence-electron chi connectivity index (χ2n) is 11.3. The number of urea groups is 1. The molecule has 0 saturated carbocycles. The molecule has 2 heterocycles. The molecule has 1 spiro atoms. The van der Waals surface area contributed by atoms with E-state index in [0.29, 0.717) is 31.4 Å². The molecule has 1 fully saturated rings. The van der Waals surface area contributed by atoms with E-state index in [2.05, 4.69) is 10.3 Å². The number of nitrogens with one attached hydrogen (secondary N) is 1. The van der Waals surface area contributed by atoms with Crippen molar-refractivity contribution in [3.63, 3.8) is 0 Å². The maximum Gasteiger partial charge on any atom is 0.389 e. The van der Waals surface area contributed by atoms with E-state index in [4.69, 9.17) is 5.73 Å². The molecule has 3 rings (SSSR count). The number of sulfonamides is 1. The number of piperidine rings is 1. The van der Waals surface area contributed by atoms with Gasteiger partial charge in [-0.1, -0.05) is 25.7 Å². The Morgan fingerprint density at radius 2 is 1.69 bits per heavy atom. The molecule has 2 aliphatic heterocycles. The molecular weight excluding hydrogens is 578 g/mol. The SMILES string of the molecule is Cc1cc(N(C)C(N)=O)cc(C)c1CCS(=O)(=O)N1CCC2(CC1)N=C(C(F)CCCCCCCC(F)(F)F)NC2=O. The summed E-state index contributed by atoms with van der Waals surface area (Å²) in [6.07, 6.45) is -3.69. The van der Waals surface area contributed by atoms with E-state index in [0.717, 1.165) is 16.7 Å². The van der Waals surface area contributed by atoms with Crippen LogP contribution in [0.3, 0.4) is 0 Å². The van der Waals surface area contributed by atoms with Crippen LogP contribution < -0.4 is 16.0 Å². The normalized spacial score (nSPS) is 18.2. The molecule has 0 bridgehead atoms. The summed E-state index contributed by atoms with van der Waals surface area (Å²) >= 11 is 0. The Kier molecular flexibility index (Phi) is 11.0. The van der Waals surface area contributed by atoms with Gasteiger partial charge in [0.05, 0.1) is 5.75 Å². The zero-order valence-corrected chi connectivity index (χ0v) is 25.2. The molecule has 0 aromatic heterocycles. The van der Waals surface area contributed by atoms with E-state index in [9.17, 15) is 35.6 Å². The minimum absolute atomic E-state index is 0.0512. The molecule has 1 aromatic carbocycles. The van der Waals surface area contributed by atoms with Gasteiger partial charge in [0, 0.05) is 32.2 Å². The number of primary amides is 1. The van der Waals surface area contributed by atoms with Crippen LogP contribution in [0.15, 0.2) is 17.1 Å². The topological polar surface area (TPSA) is 125 Å². The maximum absolute atomic E-state index is 14.8. The third-order valence-corrected chi connectivity index (χ3v) is 10.0. The van der Waals surface area contributed by atoms with E-state index in [-0.39, 0.29) is 56.8 Å². The second kappa shape index (κ2) is 13.7.